The average Bonchev–Trinajstić information content (AvgIpc) is 3.48. The number of carbonyl (C=O) groups is 1. The van der Waals surface area contributed by atoms with Crippen LogP contribution in [0.2, 0.25) is 0 Å². The van der Waals surface area contributed by atoms with E-state index in [0.717, 1.165) is 12.0 Å². The second kappa shape index (κ2) is 6.18. The number of carbonyl (C=O) groups excluding carboxylic acids is 1. The molecule has 3 aliphatic heterocycles. The van der Waals surface area contributed by atoms with Crippen LogP contribution >= 0.6 is 0 Å². The largest absolute Gasteiger partial charge is 0.370 e. The first-order valence-corrected chi connectivity index (χ1v) is 12.6. The maximum absolute atomic E-state index is 13.3. The van der Waals surface area contributed by atoms with E-state index in [1.807, 2.05) is 0 Å². The van der Waals surface area contributed by atoms with Crippen LogP contribution in [0.4, 0.5) is 0 Å². The fraction of sp³-hybridized carbons (Fsp3) is 0.367. The van der Waals surface area contributed by atoms with Gasteiger partial charge in [-0.15, -0.1) is 0 Å². The first-order valence-electron chi connectivity index (χ1n) is 12.6. The first kappa shape index (κ1) is 19.4. The lowest BCUT2D eigenvalue weighted by Crippen LogP contribution is -2.57. The molecule has 0 unspecified atom stereocenters. The number of rotatable bonds is 1. The Kier molecular flexibility index (Phi) is 3.52. The summed E-state index contributed by atoms with van der Waals surface area (Å²) in [5.41, 5.74) is 12.2. The van der Waals surface area contributed by atoms with Crippen molar-refractivity contribution in [2.75, 3.05) is 7.05 Å². The molecule has 5 aliphatic rings. The predicted octanol–water partition coefficient (Wildman–Crippen LogP) is 4.94. The van der Waals surface area contributed by atoms with Gasteiger partial charge < -0.3 is 15.4 Å². The average molecular weight is 449 g/mol. The molecule has 3 heterocycles. The Labute approximate surface area is 199 Å². The van der Waals surface area contributed by atoms with E-state index < -0.39 is 0 Å². The summed E-state index contributed by atoms with van der Waals surface area (Å²) < 4.78 is 7.27. The molecule has 1 saturated heterocycles. The molecule has 2 bridgehead atoms. The van der Waals surface area contributed by atoms with E-state index in [9.17, 15) is 4.79 Å². The zero-order chi connectivity index (χ0) is 22.9. The van der Waals surface area contributed by atoms with Crippen molar-refractivity contribution in [2.24, 2.45) is 5.92 Å². The summed E-state index contributed by atoms with van der Waals surface area (Å²) in [5, 5.41) is 6.82. The zero-order valence-electron chi connectivity index (χ0n) is 19.7. The van der Waals surface area contributed by atoms with Gasteiger partial charge in [-0.3, -0.25) is 4.79 Å². The monoisotopic (exact) mass is 448 g/mol. The SMILES string of the molecule is CN[C@@H]1C[C@@H]2O[C@@](C)([C@H]3c4ccccc4-c4c5c(c6c(c43)[C@H]2c2ccccc2-6)C(=O)NC5)[C@@H]1C. The van der Waals surface area contributed by atoms with Gasteiger partial charge in [-0.05, 0) is 70.5 Å². The van der Waals surface area contributed by atoms with Crippen molar-refractivity contribution in [2.45, 2.75) is 56.4 Å². The van der Waals surface area contributed by atoms with Crippen molar-refractivity contribution in [1.29, 1.82) is 0 Å². The third-order valence-electron chi connectivity index (χ3n) is 9.76. The number of hydrogen-bond acceptors (Lipinski definition) is 3. The van der Waals surface area contributed by atoms with E-state index in [2.05, 4.69) is 80.1 Å². The highest BCUT2D eigenvalue weighted by Crippen LogP contribution is 2.66. The lowest BCUT2D eigenvalue weighted by atomic mass is 9.69. The molecule has 2 aliphatic carbocycles. The molecule has 6 atom stereocenters. The van der Waals surface area contributed by atoms with Crippen LogP contribution in [0.15, 0.2) is 48.5 Å². The predicted molar refractivity (Wildman–Crippen MR) is 132 cm³/mol. The third kappa shape index (κ3) is 1.99. The normalized spacial score (nSPS) is 33.0. The summed E-state index contributed by atoms with van der Waals surface area (Å²) >= 11 is 0. The summed E-state index contributed by atoms with van der Waals surface area (Å²) in [4.78, 5) is 13.3. The van der Waals surface area contributed by atoms with Crippen LogP contribution < -0.4 is 10.6 Å². The van der Waals surface area contributed by atoms with Gasteiger partial charge in [-0.2, -0.15) is 0 Å². The first-order chi connectivity index (χ1) is 16.5. The van der Waals surface area contributed by atoms with E-state index in [0.29, 0.717) is 18.5 Å². The van der Waals surface area contributed by atoms with Gasteiger partial charge >= 0.3 is 0 Å². The number of fused-ring (bicyclic) bond motifs is 13. The van der Waals surface area contributed by atoms with Gasteiger partial charge in [0.1, 0.15) is 0 Å². The van der Waals surface area contributed by atoms with E-state index >= 15 is 0 Å². The number of ether oxygens (including phenoxy) is 1. The van der Waals surface area contributed by atoms with E-state index in [1.54, 1.807) is 0 Å². The van der Waals surface area contributed by atoms with E-state index in [1.165, 1.54) is 50.1 Å². The van der Waals surface area contributed by atoms with Gasteiger partial charge in [0.25, 0.3) is 5.91 Å². The minimum Gasteiger partial charge on any atom is -0.370 e. The molecule has 8 rings (SSSR count). The van der Waals surface area contributed by atoms with Crippen LogP contribution in [0.1, 0.15) is 70.3 Å². The van der Waals surface area contributed by atoms with Crippen LogP contribution in [0, 0.1) is 5.92 Å². The molecule has 1 amide bonds. The molecule has 2 N–H and O–H groups in total. The number of benzene rings is 3. The van der Waals surface area contributed by atoms with Crippen molar-refractivity contribution >= 4 is 5.91 Å². The number of amides is 1. The highest BCUT2D eigenvalue weighted by molar-refractivity contribution is 6.10. The van der Waals surface area contributed by atoms with Gasteiger partial charge in [0.05, 0.1) is 17.3 Å². The summed E-state index contributed by atoms with van der Waals surface area (Å²) in [6.45, 7) is 5.31. The van der Waals surface area contributed by atoms with E-state index in [4.69, 9.17) is 4.74 Å². The highest BCUT2D eigenvalue weighted by atomic mass is 16.5. The Morgan fingerprint density at radius 2 is 1.68 bits per heavy atom. The van der Waals surface area contributed by atoms with Gasteiger partial charge in [-0.25, -0.2) is 0 Å². The van der Waals surface area contributed by atoms with Gasteiger partial charge in [0.15, 0.2) is 0 Å². The number of hydrogen-bond donors (Lipinski definition) is 2. The molecule has 0 spiro atoms. The smallest absolute Gasteiger partial charge is 0.252 e. The van der Waals surface area contributed by atoms with Crippen LogP contribution in [0.25, 0.3) is 22.3 Å². The van der Waals surface area contributed by atoms with Crippen LogP contribution in [-0.4, -0.2) is 30.7 Å². The highest BCUT2D eigenvalue weighted by Gasteiger charge is 2.60. The summed E-state index contributed by atoms with van der Waals surface area (Å²) in [6.07, 6.45) is 1.04. The Bertz CT molecular complexity index is 1440. The molecule has 4 heteroatoms. The minimum absolute atomic E-state index is 0.0706. The summed E-state index contributed by atoms with van der Waals surface area (Å²) in [5.74, 6) is 0.721. The molecule has 3 aromatic carbocycles. The molecule has 0 saturated carbocycles. The molecule has 170 valence electrons. The second-order valence-corrected chi connectivity index (χ2v) is 11.0. The van der Waals surface area contributed by atoms with Crippen molar-refractivity contribution in [3.05, 3.63) is 81.9 Å². The van der Waals surface area contributed by atoms with E-state index in [-0.39, 0.29) is 29.4 Å². The van der Waals surface area contributed by atoms with Gasteiger partial charge in [0.2, 0.25) is 0 Å². The summed E-state index contributed by atoms with van der Waals surface area (Å²) in [6, 6.07) is 18.0. The Morgan fingerprint density at radius 1 is 0.971 bits per heavy atom. The Hall–Kier alpha value is -2.95. The fourth-order valence-corrected chi connectivity index (χ4v) is 8.24. The molecule has 0 radical (unpaired) electrons. The molecule has 1 fully saturated rings. The topological polar surface area (TPSA) is 50.4 Å². The minimum atomic E-state index is -0.338. The van der Waals surface area contributed by atoms with Crippen molar-refractivity contribution in [1.82, 2.24) is 10.6 Å². The maximum Gasteiger partial charge on any atom is 0.252 e. The second-order valence-electron chi connectivity index (χ2n) is 11.0. The molecule has 3 aromatic rings. The Balaban J connectivity index is 1.58. The lowest BCUT2D eigenvalue weighted by molar-refractivity contribution is -0.165. The van der Waals surface area contributed by atoms with Gasteiger partial charge in [-0.1, -0.05) is 55.5 Å². The quantitative estimate of drug-likeness (QED) is 0.554. The lowest BCUT2D eigenvalue weighted by Gasteiger charge is -2.50. The molecular formula is C30H28N2O2. The maximum atomic E-state index is 13.3. The standard InChI is InChI=1S/C30H28N2O2/c1-14-20(31-3)12-21-23-15-8-4-5-9-16(15)24-25-19(13-32-29(25)33)22-17-10-6-7-11-18(17)28(27(22)26(23)24)30(14,2)34-21/h4-11,14,20-21,23,28,31H,12-13H2,1-3H3,(H,32,33)/t14-,20-,21+,23+,28+,30-/m1/s1. The number of nitrogens with one attached hydrogen (secondary N) is 2. The third-order valence-corrected chi connectivity index (χ3v) is 9.76. The zero-order valence-corrected chi connectivity index (χ0v) is 19.7. The van der Waals surface area contributed by atoms with Crippen molar-refractivity contribution < 1.29 is 9.53 Å². The van der Waals surface area contributed by atoms with Crippen LogP contribution in [-0.2, 0) is 11.3 Å². The van der Waals surface area contributed by atoms with Crippen molar-refractivity contribution in [3.8, 4) is 22.3 Å². The van der Waals surface area contributed by atoms with Crippen molar-refractivity contribution in [3.63, 3.8) is 0 Å². The molecule has 4 nitrogen and oxygen atoms in total. The molecule has 34 heavy (non-hydrogen) atoms. The van der Waals surface area contributed by atoms with Gasteiger partial charge in [0, 0.05) is 30.3 Å². The fourth-order valence-electron chi connectivity index (χ4n) is 8.24. The van der Waals surface area contributed by atoms with Crippen LogP contribution in [0.3, 0.4) is 0 Å². The van der Waals surface area contributed by atoms with Crippen LogP contribution in [0.5, 0.6) is 0 Å². The Morgan fingerprint density at radius 3 is 2.44 bits per heavy atom. The molecule has 0 aromatic heterocycles. The summed E-state index contributed by atoms with van der Waals surface area (Å²) in [7, 11) is 2.09. The molecular weight excluding hydrogens is 420 g/mol.